The van der Waals surface area contributed by atoms with Gasteiger partial charge in [0, 0.05) is 0 Å². The molecule has 0 saturated carbocycles. The summed E-state index contributed by atoms with van der Waals surface area (Å²) in [5.41, 5.74) is 7.78. The Morgan fingerprint density at radius 1 is 1.14 bits per heavy atom. The third-order valence-corrected chi connectivity index (χ3v) is 3.17. The molecule has 0 fully saturated rings. The SMILES string of the molecule is CC1=C[SiH2]C=C1C. The maximum Gasteiger partial charge on any atom is 0.0698 e. The first kappa shape index (κ1) is 4.85. The molecule has 1 aliphatic heterocycles. The molecule has 38 valence electrons. The molecule has 0 aromatic carbocycles. The Hall–Kier alpha value is -0.303. The first-order valence-electron chi connectivity index (χ1n) is 2.64. The molecule has 0 N–H and O–H groups in total. The van der Waals surface area contributed by atoms with E-state index in [-0.39, 0.29) is 9.52 Å². The van der Waals surface area contributed by atoms with Crippen LogP contribution < -0.4 is 0 Å². The lowest BCUT2D eigenvalue weighted by atomic mass is 10.2. The van der Waals surface area contributed by atoms with E-state index in [2.05, 4.69) is 25.2 Å². The van der Waals surface area contributed by atoms with Crippen LogP contribution >= 0.6 is 0 Å². The van der Waals surface area contributed by atoms with Gasteiger partial charge in [-0.3, -0.25) is 0 Å². The minimum absolute atomic E-state index is 0.124. The normalized spacial score (nSPS) is 19.1. The number of allylic oxidation sites excluding steroid dienone is 2. The molecular weight excluding hydrogens is 100 g/mol. The van der Waals surface area contributed by atoms with Crippen LogP contribution in [0.5, 0.6) is 0 Å². The zero-order chi connectivity index (χ0) is 5.28. The fourth-order valence-corrected chi connectivity index (χ4v) is 2.20. The predicted molar refractivity (Wildman–Crippen MR) is 36.1 cm³/mol. The van der Waals surface area contributed by atoms with Crippen LogP contribution in [0.4, 0.5) is 0 Å². The van der Waals surface area contributed by atoms with Gasteiger partial charge in [0.25, 0.3) is 0 Å². The number of hydrogen-bond donors (Lipinski definition) is 0. The summed E-state index contributed by atoms with van der Waals surface area (Å²) in [6.45, 7) is 4.37. The summed E-state index contributed by atoms with van der Waals surface area (Å²) in [4.78, 5) is 0. The molecule has 0 saturated heterocycles. The van der Waals surface area contributed by atoms with Crippen molar-refractivity contribution < 1.29 is 0 Å². The molecule has 0 aliphatic carbocycles. The first-order valence-corrected chi connectivity index (χ1v) is 4.28. The highest BCUT2D eigenvalue weighted by Gasteiger charge is 1.96. The van der Waals surface area contributed by atoms with Crippen LogP contribution in [-0.2, 0) is 0 Å². The second kappa shape index (κ2) is 1.66. The van der Waals surface area contributed by atoms with Crippen molar-refractivity contribution in [1.29, 1.82) is 0 Å². The molecule has 0 amide bonds. The van der Waals surface area contributed by atoms with Crippen molar-refractivity contribution in [2.24, 2.45) is 0 Å². The Morgan fingerprint density at radius 3 is 1.71 bits per heavy atom. The van der Waals surface area contributed by atoms with Crippen LogP contribution in [-0.4, -0.2) is 9.52 Å². The third-order valence-electron chi connectivity index (χ3n) is 1.47. The van der Waals surface area contributed by atoms with Crippen LogP contribution in [0.1, 0.15) is 13.8 Å². The smallest absolute Gasteiger partial charge is 0.0698 e. The van der Waals surface area contributed by atoms with Crippen LogP contribution in [0.25, 0.3) is 0 Å². The van der Waals surface area contributed by atoms with Gasteiger partial charge in [0.1, 0.15) is 0 Å². The molecular formula is C6H10Si. The monoisotopic (exact) mass is 110 g/mol. The molecule has 0 spiro atoms. The lowest BCUT2D eigenvalue weighted by molar-refractivity contribution is 1.39. The van der Waals surface area contributed by atoms with Crippen molar-refractivity contribution in [2.75, 3.05) is 0 Å². The van der Waals surface area contributed by atoms with Gasteiger partial charge in [-0.15, -0.1) is 0 Å². The van der Waals surface area contributed by atoms with E-state index in [0.29, 0.717) is 0 Å². The van der Waals surface area contributed by atoms with Crippen LogP contribution in [0, 0.1) is 0 Å². The average Bonchev–Trinajstić information content (AvgIpc) is 1.91. The highest BCUT2D eigenvalue weighted by molar-refractivity contribution is 6.50. The van der Waals surface area contributed by atoms with Gasteiger partial charge in [-0.25, -0.2) is 0 Å². The zero-order valence-electron chi connectivity index (χ0n) is 4.86. The molecule has 7 heavy (non-hydrogen) atoms. The van der Waals surface area contributed by atoms with Crippen LogP contribution in [0.15, 0.2) is 22.5 Å². The highest BCUT2D eigenvalue weighted by atomic mass is 28.2. The highest BCUT2D eigenvalue weighted by Crippen LogP contribution is 2.11. The maximum absolute atomic E-state index is 2.38. The summed E-state index contributed by atoms with van der Waals surface area (Å²) < 4.78 is 0. The fraction of sp³-hybridized carbons (Fsp3) is 0.333. The van der Waals surface area contributed by atoms with Crippen molar-refractivity contribution in [2.45, 2.75) is 13.8 Å². The fourth-order valence-electron chi connectivity index (χ4n) is 0.734. The van der Waals surface area contributed by atoms with Gasteiger partial charge in [-0.1, -0.05) is 22.5 Å². The van der Waals surface area contributed by atoms with E-state index in [1.807, 2.05) is 0 Å². The summed E-state index contributed by atoms with van der Waals surface area (Å²) in [6.07, 6.45) is 0. The Morgan fingerprint density at radius 2 is 1.57 bits per heavy atom. The molecule has 0 bridgehead atoms. The van der Waals surface area contributed by atoms with Gasteiger partial charge < -0.3 is 0 Å². The second-order valence-corrected chi connectivity index (χ2v) is 3.30. The van der Waals surface area contributed by atoms with E-state index >= 15 is 0 Å². The van der Waals surface area contributed by atoms with Gasteiger partial charge in [0.15, 0.2) is 0 Å². The topological polar surface area (TPSA) is 0 Å². The third kappa shape index (κ3) is 0.828. The Labute approximate surface area is 46.8 Å². The summed E-state index contributed by atoms with van der Waals surface area (Å²) in [5.74, 6) is 0. The molecule has 1 heterocycles. The molecule has 0 radical (unpaired) electrons. The molecule has 0 aromatic rings. The van der Waals surface area contributed by atoms with E-state index in [1.54, 1.807) is 0 Å². The van der Waals surface area contributed by atoms with Gasteiger partial charge in [0.05, 0.1) is 9.52 Å². The summed E-state index contributed by atoms with van der Waals surface area (Å²) in [7, 11) is 0.124. The van der Waals surface area contributed by atoms with Gasteiger partial charge in [-0.2, -0.15) is 0 Å². The van der Waals surface area contributed by atoms with Crippen molar-refractivity contribution in [3.05, 3.63) is 22.5 Å². The quantitative estimate of drug-likeness (QED) is 0.408. The van der Waals surface area contributed by atoms with Gasteiger partial charge >= 0.3 is 0 Å². The standard InChI is InChI=1S/C6H10Si/c1-5-3-7-4-6(5)2/h3-4H,7H2,1-2H3. The van der Waals surface area contributed by atoms with Crippen molar-refractivity contribution in [3.8, 4) is 0 Å². The summed E-state index contributed by atoms with van der Waals surface area (Å²) in [5, 5.41) is 0. The lowest BCUT2D eigenvalue weighted by Gasteiger charge is -1.88. The van der Waals surface area contributed by atoms with E-state index < -0.39 is 0 Å². The van der Waals surface area contributed by atoms with E-state index in [9.17, 15) is 0 Å². The Balaban J connectivity index is 2.78. The molecule has 0 unspecified atom stereocenters. The van der Waals surface area contributed by atoms with Gasteiger partial charge in [0.2, 0.25) is 0 Å². The largest absolute Gasteiger partial charge is 0.0938 e. The average molecular weight is 110 g/mol. The van der Waals surface area contributed by atoms with E-state index in [0.717, 1.165) is 0 Å². The van der Waals surface area contributed by atoms with E-state index in [4.69, 9.17) is 0 Å². The minimum atomic E-state index is 0.124. The van der Waals surface area contributed by atoms with Crippen molar-refractivity contribution >= 4 is 9.52 Å². The molecule has 0 atom stereocenters. The van der Waals surface area contributed by atoms with E-state index in [1.165, 1.54) is 11.1 Å². The van der Waals surface area contributed by atoms with Crippen LogP contribution in [0.2, 0.25) is 0 Å². The first-order chi connectivity index (χ1) is 3.30. The molecule has 0 nitrogen and oxygen atoms in total. The van der Waals surface area contributed by atoms with Gasteiger partial charge in [-0.05, 0) is 13.8 Å². The second-order valence-electron chi connectivity index (χ2n) is 2.01. The summed E-state index contributed by atoms with van der Waals surface area (Å²) >= 11 is 0. The zero-order valence-corrected chi connectivity index (χ0v) is 6.28. The predicted octanol–water partition coefficient (Wildman–Crippen LogP) is 0.976. The van der Waals surface area contributed by atoms with Crippen LogP contribution in [0.3, 0.4) is 0 Å². The lowest BCUT2D eigenvalue weighted by Crippen LogP contribution is -1.67. The Bertz CT molecular complexity index is 115. The summed E-state index contributed by atoms with van der Waals surface area (Å²) in [6, 6.07) is 0. The molecule has 1 heteroatoms. The van der Waals surface area contributed by atoms with Crippen molar-refractivity contribution in [3.63, 3.8) is 0 Å². The number of rotatable bonds is 0. The minimum Gasteiger partial charge on any atom is -0.0938 e. The Kier molecular flexibility index (Phi) is 1.15. The molecule has 1 aliphatic rings. The van der Waals surface area contributed by atoms with Crippen molar-refractivity contribution in [1.82, 2.24) is 0 Å². The number of hydrogen-bond acceptors (Lipinski definition) is 0. The maximum atomic E-state index is 2.38. The molecule has 1 rings (SSSR count). The molecule has 0 aromatic heterocycles.